The van der Waals surface area contributed by atoms with Crippen LogP contribution in [0.1, 0.15) is 32.6 Å². The second kappa shape index (κ2) is 6.73. The molecular formula is C14H22N2O3. The van der Waals surface area contributed by atoms with E-state index in [1.165, 1.54) is 6.42 Å². The minimum Gasteiger partial charge on any atom is -0.410 e. The number of carbonyl (C=O) groups excluding carboxylic acids is 1. The number of nitrogens with one attached hydrogen (secondary N) is 1. The number of ether oxygens (including phenoxy) is 1. The van der Waals surface area contributed by atoms with Gasteiger partial charge in [0.1, 0.15) is 18.0 Å². The third-order valence-corrected chi connectivity index (χ3v) is 3.57. The summed E-state index contributed by atoms with van der Waals surface area (Å²) in [6.07, 6.45) is 6.72. The summed E-state index contributed by atoms with van der Waals surface area (Å²) < 4.78 is 5.74. The van der Waals surface area contributed by atoms with Crippen LogP contribution in [0.2, 0.25) is 0 Å². The summed E-state index contributed by atoms with van der Waals surface area (Å²) in [5, 5.41) is 0. The summed E-state index contributed by atoms with van der Waals surface area (Å²) in [6.45, 7) is 7.02. The molecule has 0 aromatic heterocycles. The van der Waals surface area contributed by atoms with E-state index in [0.717, 1.165) is 43.6 Å². The second-order valence-electron chi connectivity index (χ2n) is 4.99. The highest BCUT2D eigenvalue weighted by Gasteiger charge is 2.27. The van der Waals surface area contributed by atoms with E-state index in [0.29, 0.717) is 6.54 Å². The van der Waals surface area contributed by atoms with Crippen LogP contribution in [0.4, 0.5) is 0 Å². The molecular weight excluding hydrogens is 244 g/mol. The number of hydrogen-bond donors (Lipinski definition) is 1. The monoisotopic (exact) mass is 266 g/mol. The largest absolute Gasteiger partial charge is 0.410 e. The molecule has 0 aromatic rings. The minimum atomic E-state index is -0.126. The quantitative estimate of drug-likeness (QED) is 0.770. The Kier molecular flexibility index (Phi) is 4.99. The molecule has 0 saturated carbocycles. The van der Waals surface area contributed by atoms with Crippen LogP contribution < -0.4 is 5.48 Å². The van der Waals surface area contributed by atoms with E-state index >= 15 is 0 Å². The molecule has 2 heterocycles. The Morgan fingerprint density at radius 1 is 1.53 bits per heavy atom. The molecule has 2 unspecified atom stereocenters. The molecule has 2 fully saturated rings. The molecule has 0 spiro atoms. The van der Waals surface area contributed by atoms with Gasteiger partial charge in [0.15, 0.2) is 0 Å². The molecule has 19 heavy (non-hydrogen) atoms. The third-order valence-electron chi connectivity index (χ3n) is 3.57. The maximum absolute atomic E-state index is 11.3. The van der Waals surface area contributed by atoms with Crippen LogP contribution >= 0.6 is 0 Å². The molecule has 2 aliphatic heterocycles. The Balaban J connectivity index is 2.02. The van der Waals surface area contributed by atoms with Crippen molar-refractivity contribution in [1.29, 1.82) is 0 Å². The second-order valence-corrected chi connectivity index (χ2v) is 4.99. The predicted octanol–water partition coefficient (Wildman–Crippen LogP) is 1.72. The molecule has 0 bridgehead atoms. The molecule has 0 aliphatic carbocycles. The van der Waals surface area contributed by atoms with Crippen LogP contribution in [-0.2, 0) is 14.4 Å². The Labute approximate surface area is 114 Å². The van der Waals surface area contributed by atoms with Gasteiger partial charge < -0.3 is 14.5 Å². The van der Waals surface area contributed by atoms with Crippen molar-refractivity contribution >= 4 is 6.41 Å². The number of hydroxylamine groups is 1. The Morgan fingerprint density at radius 2 is 2.37 bits per heavy atom. The van der Waals surface area contributed by atoms with Crippen molar-refractivity contribution in [2.24, 2.45) is 0 Å². The lowest BCUT2D eigenvalue weighted by molar-refractivity contribution is -0.131. The zero-order valence-electron chi connectivity index (χ0n) is 11.4. The van der Waals surface area contributed by atoms with Crippen LogP contribution in [0.25, 0.3) is 0 Å². The maximum Gasteiger partial charge on any atom is 0.212 e. The zero-order chi connectivity index (χ0) is 13.7. The zero-order valence-corrected chi connectivity index (χ0v) is 11.4. The standard InChI is InChI=1S/C14H22N2O3/c1-3-12(14-11(2)15-19-14)9-16(10-17)13-7-5-4-6-8-18-13/h3,10-11,13,15H,1,4-9H2,2H3/b14-12+. The van der Waals surface area contributed by atoms with Gasteiger partial charge in [-0.3, -0.25) is 4.79 Å². The van der Waals surface area contributed by atoms with Crippen LogP contribution in [0.5, 0.6) is 0 Å². The molecule has 1 amide bonds. The average molecular weight is 266 g/mol. The lowest BCUT2D eigenvalue weighted by Crippen LogP contribution is -2.44. The minimum absolute atomic E-state index is 0.126. The van der Waals surface area contributed by atoms with Gasteiger partial charge in [-0.1, -0.05) is 19.1 Å². The average Bonchev–Trinajstić information content (AvgIpc) is 2.70. The number of carbonyl (C=O) groups is 1. The van der Waals surface area contributed by atoms with Gasteiger partial charge in [-0.2, -0.15) is 0 Å². The van der Waals surface area contributed by atoms with Gasteiger partial charge in [-0.25, -0.2) is 0 Å². The number of nitrogens with zero attached hydrogens (tertiary/aromatic N) is 1. The van der Waals surface area contributed by atoms with Gasteiger partial charge in [0.2, 0.25) is 6.41 Å². The van der Waals surface area contributed by atoms with Crippen molar-refractivity contribution in [3.8, 4) is 0 Å². The van der Waals surface area contributed by atoms with Crippen molar-refractivity contribution in [3.05, 3.63) is 24.0 Å². The van der Waals surface area contributed by atoms with E-state index < -0.39 is 0 Å². The molecule has 2 rings (SSSR count). The highest BCUT2D eigenvalue weighted by Crippen LogP contribution is 2.22. The summed E-state index contributed by atoms with van der Waals surface area (Å²) >= 11 is 0. The summed E-state index contributed by atoms with van der Waals surface area (Å²) in [5.74, 6) is 0.857. The molecule has 5 nitrogen and oxygen atoms in total. The smallest absolute Gasteiger partial charge is 0.212 e. The van der Waals surface area contributed by atoms with E-state index in [9.17, 15) is 4.79 Å². The van der Waals surface area contributed by atoms with Gasteiger partial charge in [0, 0.05) is 12.2 Å². The fraction of sp³-hybridized carbons (Fsp3) is 0.643. The van der Waals surface area contributed by atoms with Crippen LogP contribution in [0, 0.1) is 0 Å². The van der Waals surface area contributed by atoms with Gasteiger partial charge >= 0.3 is 0 Å². The molecule has 2 saturated heterocycles. The van der Waals surface area contributed by atoms with E-state index in [2.05, 4.69) is 12.1 Å². The highest BCUT2D eigenvalue weighted by molar-refractivity contribution is 5.49. The van der Waals surface area contributed by atoms with Crippen molar-refractivity contribution in [3.63, 3.8) is 0 Å². The summed E-state index contributed by atoms with van der Waals surface area (Å²) in [7, 11) is 0. The fourth-order valence-electron chi connectivity index (χ4n) is 2.39. The lowest BCUT2D eigenvalue weighted by atomic mass is 10.1. The maximum atomic E-state index is 11.3. The fourth-order valence-corrected chi connectivity index (χ4v) is 2.39. The Morgan fingerprint density at radius 3 is 2.95 bits per heavy atom. The SMILES string of the molecule is C=C/C(CN(C=O)C1CCCCCO1)=C1\ONC1C. The van der Waals surface area contributed by atoms with E-state index in [1.807, 2.05) is 6.92 Å². The number of amides is 1. The molecule has 5 heteroatoms. The molecule has 0 aromatic carbocycles. The van der Waals surface area contributed by atoms with Gasteiger partial charge in [0.05, 0.1) is 6.54 Å². The molecule has 0 radical (unpaired) electrons. The first-order valence-electron chi connectivity index (χ1n) is 6.86. The Hall–Kier alpha value is -1.33. The third kappa shape index (κ3) is 3.36. The van der Waals surface area contributed by atoms with Gasteiger partial charge in [-0.15, -0.1) is 5.48 Å². The highest BCUT2D eigenvalue weighted by atomic mass is 16.7. The van der Waals surface area contributed by atoms with Gasteiger partial charge in [0.25, 0.3) is 0 Å². The van der Waals surface area contributed by atoms with Gasteiger partial charge in [-0.05, 0) is 26.2 Å². The molecule has 106 valence electrons. The molecule has 2 aliphatic rings. The summed E-state index contributed by atoms with van der Waals surface area (Å²) in [4.78, 5) is 18.2. The van der Waals surface area contributed by atoms with E-state index in [1.54, 1.807) is 11.0 Å². The first-order chi connectivity index (χ1) is 9.26. The van der Waals surface area contributed by atoms with E-state index in [4.69, 9.17) is 9.57 Å². The predicted molar refractivity (Wildman–Crippen MR) is 71.9 cm³/mol. The number of hydrogen-bond acceptors (Lipinski definition) is 4. The van der Waals surface area contributed by atoms with Crippen molar-refractivity contribution in [2.75, 3.05) is 13.2 Å². The van der Waals surface area contributed by atoms with E-state index in [-0.39, 0.29) is 12.3 Å². The summed E-state index contributed by atoms with van der Waals surface area (Å²) in [6, 6.07) is 0.177. The Bertz CT molecular complexity index is 360. The van der Waals surface area contributed by atoms with Crippen molar-refractivity contribution in [1.82, 2.24) is 10.4 Å². The first-order valence-corrected chi connectivity index (χ1v) is 6.86. The lowest BCUT2D eigenvalue weighted by Gasteiger charge is -2.33. The van der Waals surface area contributed by atoms with Crippen LogP contribution in [0.3, 0.4) is 0 Å². The normalized spacial score (nSPS) is 29.5. The molecule has 2 atom stereocenters. The first kappa shape index (κ1) is 14.1. The topological polar surface area (TPSA) is 50.8 Å². The summed E-state index contributed by atoms with van der Waals surface area (Å²) in [5.41, 5.74) is 3.75. The van der Waals surface area contributed by atoms with Crippen LogP contribution in [-0.4, -0.2) is 36.7 Å². The van der Waals surface area contributed by atoms with Crippen LogP contribution in [0.15, 0.2) is 24.0 Å². The number of rotatable bonds is 5. The van der Waals surface area contributed by atoms with Crippen molar-refractivity contribution in [2.45, 2.75) is 44.9 Å². The van der Waals surface area contributed by atoms with Crippen molar-refractivity contribution < 1.29 is 14.4 Å². The molecule has 1 N–H and O–H groups in total.